The molecule has 0 spiro atoms. The summed E-state index contributed by atoms with van der Waals surface area (Å²) >= 11 is 1.64. The van der Waals surface area contributed by atoms with Gasteiger partial charge in [-0.25, -0.2) is 0 Å². The number of nitrogens with one attached hydrogen (secondary N) is 1. The number of thiophene rings is 1. The Bertz CT molecular complexity index is 1790. The Labute approximate surface area is 224 Å². The van der Waals surface area contributed by atoms with Crippen LogP contribution < -0.4 is 5.32 Å². The molecule has 1 N–H and O–H groups in total. The highest BCUT2D eigenvalue weighted by Gasteiger charge is 2.35. The molecule has 4 heterocycles. The molecule has 2 aliphatic rings. The summed E-state index contributed by atoms with van der Waals surface area (Å²) in [7, 11) is 3.55. The van der Waals surface area contributed by atoms with Crippen LogP contribution in [0, 0.1) is 5.92 Å². The number of aromatic nitrogens is 3. The topological polar surface area (TPSA) is 73.4 Å². The van der Waals surface area contributed by atoms with E-state index < -0.39 is 0 Å². The third kappa shape index (κ3) is 3.29. The molecule has 38 heavy (non-hydrogen) atoms. The fraction of sp³-hybridized carbons (Fsp3) is 0.300. The van der Waals surface area contributed by atoms with E-state index in [2.05, 4.69) is 64.7 Å². The summed E-state index contributed by atoms with van der Waals surface area (Å²) in [5.74, 6) is 0.474. The van der Waals surface area contributed by atoms with Gasteiger partial charge in [-0.1, -0.05) is 31.1 Å². The minimum Gasteiger partial charge on any atom is -0.399 e. The average Bonchev–Trinajstić information content (AvgIpc) is 3.68. The molecule has 1 aliphatic heterocycles. The van der Waals surface area contributed by atoms with Crippen molar-refractivity contribution in [2.75, 3.05) is 7.11 Å². The van der Waals surface area contributed by atoms with Crippen LogP contribution in [-0.4, -0.2) is 33.1 Å². The minimum atomic E-state index is 0.0102. The molecule has 0 fully saturated rings. The summed E-state index contributed by atoms with van der Waals surface area (Å²) in [6.45, 7) is 5.95. The van der Waals surface area contributed by atoms with E-state index in [9.17, 15) is 4.79 Å². The second-order valence-corrected chi connectivity index (χ2v) is 11.6. The van der Waals surface area contributed by atoms with E-state index in [1.807, 2.05) is 17.8 Å². The number of nitrogens with zero attached hydrogens (tertiary/aromatic N) is 4. The summed E-state index contributed by atoms with van der Waals surface area (Å²) in [5.41, 5.74) is 10.7. The number of hydrogen-bond acceptors (Lipinski definition) is 5. The lowest BCUT2D eigenvalue weighted by molar-refractivity contribution is 0.0966. The SMILES string of the molecule is CO/N=C(/c1ccc2c(c1)c1c3c(c4c(c1n2CC(C)C)CCc1nn(C)cc1-4)C(=O)NC3)c1cccs1. The zero-order valence-corrected chi connectivity index (χ0v) is 22.8. The predicted octanol–water partition coefficient (Wildman–Crippen LogP) is 5.65. The maximum Gasteiger partial charge on any atom is 0.252 e. The first-order valence-corrected chi connectivity index (χ1v) is 13.9. The van der Waals surface area contributed by atoms with Gasteiger partial charge in [-0.3, -0.25) is 9.48 Å². The molecular formula is C30H29N5O2S. The molecule has 0 saturated heterocycles. The first kappa shape index (κ1) is 23.2. The quantitative estimate of drug-likeness (QED) is 0.239. The standard InChI is InChI=1S/C30H29N5O2S/c1-16(2)14-35-23-10-7-17(28(33-37-4)24-6-5-11-38-24)12-19(23)26-20-13-31-30(36)27(20)25-18(29(26)35)8-9-22-21(25)15-34(3)32-22/h5-7,10-12,15-16H,8-9,13-14H2,1-4H3,(H,31,36)/b33-28-. The van der Waals surface area contributed by atoms with Crippen molar-refractivity contribution in [1.29, 1.82) is 0 Å². The van der Waals surface area contributed by atoms with Crippen molar-refractivity contribution >= 4 is 44.8 Å². The van der Waals surface area contributed by atoms with Crippen molar-refractivity contribution < 1.29 is 9.63 Å². The van der Waals surface area contributed by atoms with Crippen LogP contribution in [0.25, 0.3) is 32.9 Å². The van der Waals surface area contributed by atoms with Crippen LogP contribution in [0.1, 0.15) is 51.5 Å². The fourth-order valence-electron chi connectivity index (χ4n) is 6.36. The molecule has 1 amide bonds. The van der Waals surface area contributed by atoms with Gasteiger partial charge in [-0.2, -0.15) is 5.10 Å². The average molecular weight is 524 g/mol. The van der Waals surface area contributed by atoms with Crippen molar-refractivity contribution in [2.45, 2.75) is 39.8 Å². The monoisotopic (exact) mass is 523 g/mol. The van der Waals surface area contributed by atoms with E-state index in [4.69, 9.17) is 9.94 Å². The van der Waals surface area contributed by atoms with E-state index in [1.165, 1.54) is 22.0 Å². The van der Waals surface area contributed by atoms with Crippen LogP contribution in [0.2, 0.25) is 0 Å². The molecule has 0 bridgehead atoms. The van der Waals surface area contributed by atoms with Crippen molar-refractivity contribution in [2.24, 2.45) is 18.1 Å². The molecule has 192 valence electrons. The first-order chi connectivity index (χ1) is 18.5. The third-order valence-electron chi connectivity index (χ3n) is 7.70. The highest BCUT2D eigenvalue weighted by Crippen LogP contribution is 2.47. The Morgan fingerprint density at radius 2 is 2.08 bits per heavy atom. The van der Waals surface area contributed by atoms with Crippen LogP contribution in [0.5, 0.6) is 0 Å². The number of aryl methyl sites for hydroxylation is 3. The van der Waals surface area contributed by atoms with Crippen LogP contribution >= 0.6 is 11.3 Å². The van der Waals surface area contributed by atoms with Gasteiger partial charge in [0.05, 0.1) is 21.7 Å². The van der Waals surface area contributed by atoms with Gasteiger partial charge in [0.2, 0.25) is 0 Å². The summed E-state index contributed by atoms with van der Waals surface area (Å²) in [5, 5.41) is 16.7. The molecule has 2 aromatic carbocycles. The molecule has 5 aromatic rings. The minimum absolute atomic E-state index is 0.0102. The number of carbonyl (C=O) groups is 1. The number of oxime groups is 1. The van der Waals surface area contributed by atoms with E-state index in [-0.39, 0.29) is 5.91 Å². The Morgan fingerprint density at radius 3 is 2.84 bits per heavy atom. The Hall–Kier alpha value is -3.91. The molecular weight excluding hydrogens is 494 g/mol. The molecule has 0 radical (unpaired) electrons. The normalized spacial score (nSPS) is 14.8. The number of hydrogen-bond donors (Lipinski definition) is 1. The van der Waals surface area contributed by atoms with E-state index in [0.29, 0.717) is 12.5 Å². The van der Waals surface area contributed by atoms with E-state index >= 15 is 0 Å². The highest BCUT2D eigenvalue weighted by molar-refractivity contribution is 7.12. The van der Waals surface area contributed by atoms with Crippen LogP contribution in [0.15, 0.2) is 47.1 Å². The van der Waals surface area contributed by atoms with Gasteiger partial charge in [0.1, 0.15) is 12.8 Å². The van der Waals surface area contributed by atoms with Gasteiger partial charge in [0.15, 0.2) is 0 Å². The highest BCUT2D eigenvalue weighted by atomic mass is 32.1. The van der Waals surface area contributed by atoms with Gasteiger partial charge in [0.25, 0.3) is 5.91 Å². The molecule has 0 saturated carbocycles. The Balaban J connectivity index is 1.61. The van der Waals surface area contributed by atoms with E-state index in [1.54, 1.807) is 18.4 Å². The largest absolute Gasteiger partial charge is 0.399 e. The zero-order chi connectivity index (χ0) is 26.1. The molecule has 0 unspecified atom stereocenters. The maximum atomic E-state index is 13.4. The zero-order valence-electron chi connectivity index (χ0n) is 22.0. The van der Waals surface area contributed by atoms with Gasteiger partial charge in [0, 0.05) is 59.3 Å². The number of benzene rings is 2. The van der Waals surface area contributed by atoms with Gasteiger partial charge in [-0.15, -0.1) is 11.3 Å². The third-order valence-corrected chi connectivity index (χ3v) is 8.58. The molecule has 0 atom stereocenters. The Kier molecular flexibility index (Phi) is 5.23. The van der Waals surface area contributed by atoms with E-state index in [0.717, 1.165) is 68.9 Å². The van der Waals surface area contributed by atoms with Crippen molar-refractivity contribution in [3.05, 3.63) is 74.7 Å². The number of carbonyl (C=O) groups excluding carboxylic acids is 1. The Morgan fingerprint density at radius 1 is 1.21 bits per heavy atom. The summed E-state index contributed by atoms with van der Waals surface area (Å²) in [4.78, 5) is 19.7. The van der Waals surface area contributed by atoms with Gasteiger partial charge in [-0.05, 0) is 53.5 Å². The fourth-order valence-corrected chi connectivity index (χ4v) is 7.09. The van der Waals surface area contributed by atoms with Crippen molar-refractivity contribution in [3.8, 4) is 11.1 Å². The molecule has 8 heteroatoms. The number of rotatable bonds is 5. The summed E-state index contributed by atoms with van der Waals surface area (Å²) in [6.07, 6.45) is 3.81. The van der Waals surface area contributed by atoms with Gasteiger partial charge >= 0.3 is 0 Å². The number of fused-ring (bicyclic) bond motifs is 10. The second kappa shape index (κ2) is 8.56. The first-order valence-electron chi connectivity index (χ1n) is 13.1. The lowest BCUT2D eigenvalue weighted by atomic mass is 9.82. The van der Waals surface area contributed by atoms with Crippen LogP contribution in [-0.2, 0) is 37.8 Å². The number of amides is 1. The summed E-state index contributed by atoms with van der Waals surface area (Å²) in [6, 6.07) is 10.7. The molecule has 3 aromatic heterocycles. The predicted molar refractivity (Wildman–Crippen MR) is 152 cm³/mol. The van der Waals surface area contributed by atoms with Crippen molar-refractivity contribution in [1.82, 2.24) is 19.7 Å². The van der Waals surface area contributed by atoms with Crippen LogP contribution in [0.3, 0.4) is 0 Å². The lowest BCUT2D eigenvalue weighted by Gasteiger charge is -2.22. The van der Waals surface area contributed by atoms with Crippen LogP contribution in [0.4, 0.5) is 0 Å². The van der Waals surface area contributed by atoms with Gasteiger partial charge < -0.3 is 14.7 Å². The molecule has 7 rings (SSSR count). The maximum absolute atomic E-state index is 13.4. The molecule has 7 nitrogen and oxygen atoms in total. The summed E-state index contributed by atoms with van der Waals surface area (Å²) < 4.78 is 4.36. The second-order valence-electron chi connectivity index (χ2n) is 10.6. The molecule has 1 aliphatic carbocycles. The lowest BCUT2D eigenvalue weighted by Crippen LogP contribution is -2.15. The van der Waals surface area contributed by atoms with Crippen molar-refractivity contribution in [3.63, 3.8) is 0 Å². The smallest absolute Gasteiger partial charge is 0.252 e.